The van der Waals surface area contributed by atoms with E-state index in [1.807, 2.05) is 16.7 Å². The SMILES string of the molecule is CC1CN(c2ccc(S(C)(=O)=O)cc2F)CCN1c1nccc(C(=O)NC2[C@@H]3CC4C[C@H]2CC(O)(C4)C3)n1. The molecule has 6 atom stereocenters. The van der Waals surface area contributed by atoms with Crippen molar-refractivity contribution in [2.24, 2.45) is 17.8 Å². The normalized spacial score (nSPS) is 32.5. The topological polar surface area (TPSA) is 116 Å². The molecule has 1 amide bonds. The maximum Gasteiger partial charge on any atom is 0.270 e. The molecule has 5 aliphatic rings. The first-order chi connectivity index (χ1) is 18.0. The number of hydrogen-bond donors (Lipinski definition) is 2. The number of aromatic nitrogens is 2. The highest BCUT2D eigenvalue weighted by atomic mass is 32.2. The second-order valence-electron chi connectivity index (χ2n) is 11.8. The van der Waals surface area contributed by atoms with Crippen molar-refractivity contribution in [3.63, 3.8) is 0 Å². The third-order valence-electron chi connectivity index (χ3n) is 8.99. The molecule has 0 spiro atoms. The van der Waals surface area contributed by atoms with Crippen molar-refractivity contribution in [2.75, 3.05) is 35.7 Å². The van der Waals surface area contributed by atoms with Gasteiger partial charge in [0.2, 0.25) is 5.95 Å². The third-order valence-corrected chi connectivity index (χ3v) is 10.1. The van der Waals surface area contributed by atoms with E-state index in [-0.39, 0.29) is 22.9 Å². The lowest BCUT2D eigenvalue weighted by atomic mass is 9.52. The molecule has 2 N–H and O–H groups in total. The molecule has 1 saturated heterocycles. The van der Waals surface area contributed by atoms with Gasteiger partial charge in [-0.25, -0.2) is 22.8 Å². The van der Waals surface area contributed by atoms with Gasteiger partial charge in [-0.05, 0) is 81.0 Å². The van der Waals surface area contributed by atoms with E-state index in [0.717, 1.165) is 44.4 Å². The number of anilines is 2. The molecular weight excluding hydrogens is 509 g/mol. The van der Waals surface area contributed by atoms with Gasteiger partial charge >= 0.3 is 0 Å². The van der Waals surface area contributed by atoms with Crippen LogP contribution in [-0.2, 0) is 9.84 Å². The highest BCUT2D eigenvalue weighted by Crippen LogP contribution is 2.55. The predicted octanol–water partition coefficient (Wildman–Crippen LogP) is 2.40. The zero-order valence-electron chi connectivity index (χ0n) is 21.7. The Morgan fingerprint density at radius 2 is 1.89 bits per heavy atom. The van der Waals surface area contributed by atoms with E-state index < -0.39 is 21.3 Å². The van der Waals surface area contributed by atoms with Crippen LogP contribution in [0.3, 0.4) is 0 Å². The van der Waals surface area contributed by atoms with Crippen molar-refractivity contribution in [2.45, 2.75) is 61.6 Å². The average Bonchev–Trinajstić information content (AvgIpc) is 2.84. The summed E-state index contributed by atoms with van der Waals surface area (Å²) in [5.74, 6) is 0.880. The van der Waals surface area contributed by atoms with Crippen molar-refractivity contribution in [1.29, 1.82) is 0 Å². The minimum atomic E-state index is -3.48. The van der Waals surface area contributed by atoms with Crippen molar-refractivity contribution in [1.82, 2.24) is 15.3 Å². The summed E-state index contributed by atoms with van der Waals surface area (Å²) in [4.78, 5) is 26.1. The summed E-state index contributed by atoms with van der Waals surface area (Å²) in [5.41, 5.74) is 0.134. The monoisotopic (exact) mass is 543 g/mol. The van der Waals surface area contributed by atoms with Crippen LogP contribution in [0.25, 0.3) is 0 Å². The minimum Gasteiger partial charge on any atom is -0.390 e. The van der Waals surface area contributed by atoms with Crippen LogP contribution in [0.4, 0.5) is 16.0 Å². The first kappa shape index (κ1) is 25.5. The molecule has 11 heteroatoms. The summed E-state index contributed by atoms with van der Waals surface area (Å²) in [6.45, 7) is 3.50. The number of hydrogen-bond acceptors (Lipinski definition) is 8. The molecule has 9 nitrogen and oxygen atoms in total. The molecule has 0 radical (unpaired) electrons. The molecule has 38 heavy (non-hydrogen) atoms. The van der Waals surface area contributed by atoms with Crippen molar-refractivity contribution in [3.8, 4) is 0 Å². The van der Waals surface area contributed by atoms with Crippen LogP contribution in [0.2, 0.25) is 0 Å². The van der Waals surface area contributed by atoms with Crippen LogP contribution < -0.4 is 15.1 Å². The number of nitrogens with zero attached hydrogens (tertiary/aromatic N) is 4. The number of nitrogens with one attached hydrogen (secondary N) is 1. The quantitative estimate of drug-likeness (QED) is 0.591. The fourth-order valence-electron chi connectivity index (χ4n) is 7.50. The molecule has 4 bridgehead atoms. The summed E-state index contributed by atoms with van der Waals surface area (Å²) < 4.78 is 38.3. The Labute approximate surface area is 222 Å². The first-order valence-electron chi connectivity index (χ1n) is 13.4. The number of carbonyl (C=O) groups excluding carboxylic acids is 1. The Bertz CT molecular complexity index is 1350. The Kier molecular flexibility index (Phi) is 6.14. The molecule has 1 aromatic heterocycles. The zero-order valence-corrected chi connectivity index (χ0v) is 22.5. The number of halogens is 1. The molecule has 7 rings (SSSR count). The van der Waals surface area contributed by atoms with E-state index in [4.69, 9.17) is 0 Å². The van der Waals surface area contributed by atoms with Gasteiger partial charge in [0.25, 0.3) is 5.91 Å². The van der Waals surface area contributed by atoms with Crippen molar-refractivity contribution < 1.29 is 22.7 Å². The number of amides is 1. The molecule has 204 valence electrons. The molecule has 1 aromatic carbocycles. The number of carbonyl (C=O) groups is 1. The molecule has 2 aromatic rings. The maximum absolute atomic E-state index is 14.8. The fourth-order valence-corrected chi connectivity index (χ4v) is 8.14. The fraction of sp³-hybridized carbons (Fsp3) is 0.593. The Morgan fingerprint density at radius 3 is 2.53 bits per heavy atom. The number of rotatable bonds is 5. The van der Waals surface area contributed by atoms with Crippen molar-refractivity contribution in [3.05, 3.63) is 42.0 Å². The van der Waals surface area contributed by atoms with Crippen LogP contribution in [0, 0.1) is 23.6 Å². The van der Waals surface area contributed by atoms with E-state index in [0.29, 0.717) is 54.7 Å². The van der Waals surface area contributed by atoms with E-state index in [9.17, 15) is 22.7 Å². The molecule has 2 heterocycles. The summed E-state index contributed by atoms with van der Waals surface area (Å²) >= 11 is 0. The number of sulfone groups is 1. The Balaban J connectivity index is 1.13. The van der Waals surface area contributed by atoms with Crippen LogP contribution in [-0.4, -0.2) is 73.0 Å². The van der Waals surface area contributed by atoms with Gasteiger partial charge < -0.3 is 20.2 Å². The van der Waals surface area contributed by atoms with Gasteiger partial charge in [0, 0.05) is 44.2 Å². The van der Waals surface area contributed by atoms with Gasteiger partial charge in [-0.1, -0.05) is 0 Å². The summed E-state index contributed by atoms with van der Waals surface area (Å²) in [6.07, 6.45) is 7.22. The molecule has 1 aliphatic heterocycles. The van der Waals surface area contributed by atoms with Crippen molar-refractivity contribution >= 4 is 27.4 Å². The second kappa shape index (κ2) is 9.15. The Hall–Kier alpha value is -2.79. The smallest absolute Gasteiger partial charge is 0.270 e. The lowest BCUT2D eigenvalue weighted by molar-refractivity contribution is -0.136. The first-order valence-corrected chi connectivity index (χ1v) is 15.3. The zero-order chi connectivity index (χ0) is 26.8. The lowest BCUT2D eigenvalue weighted by Crippen LogP contribution is -2.61. The van der Waals surface area contributed by atoms with Gasteiger partial charge in [0.05, 0.1) is 16.2 Å². The highest BCUT2D eigenvalue weighted by Gasteiger charge is 2.55. The van der Waals surface area contributed by atoms with Gasteiger partial charge in [0.1, 0.15) is 11.5 Å². The van der Waals surface area contributed by atoms with Gasteiger partial charge in [-0.3, -0.25) is 4.79 Å². The summed E-state index contributed by atoms with van der Waals surface area (Å²) in [7, 11) is -3.48. The molecular formula is C27H34FN5O4S. The third kappa shape index (κ3) is 4.64. The lowest BCUT2D eigenvalue weighted by Gasteiger charge is -2.58. The van der Waals surface area contributed by atoms with Crippen LogP contribution in [0.1, 0.15) is 49.5 Å². The standard InChI is InChI=1S/C27H34FN5O4S/c1-16-15-32(23-4-3-20(11-21(23)28)38(2,36)37)7-8-33(16)26-29-6-5-22(30-26)25(34)31-24-18-9-17-10-19(24)14-27(35,12-17)13-18/h3-6,11,16-19,24,35H,7-10,12-15H2,1-2H3,(H,31,34)/t16?,17?,18-,19+,24?,27?. The predicted molar refractivity (Wildman–Crippen MR) is 140 cm³/mol. The maximum atomic E-state index is 14.8. The molecule has 4 unspecified atom stereocenters. The van der Waals surface area contributed by atoms with E-state index in [1.165, 1.54) is 12.1 Å². The van der Waals surface area contributed by atoms with Crippen LogP contribution >= 0.6 is 0 Å². The number of piperazine rings is 1. The Morgan fingerprint density at radius 1 is 1.16 bits per heavy atom. The summed E-state index contributed by atoms with van der Waals surface area (Å²) in [5, 5.41) is 14.1. The molecule has 4 saturated carbocycles. The second-order valence-corrected chi connectivity index (χ2v) is 13.8. The minimum absolute atomic E-state index is 0.0431. The van der Waals surface area contributed by atoms with E-state index >= 15 is 0 Å². The van der Waals surface area contributed by atoms with Gasteiger partial charge in [-0.15, -0.1) is 0 Å². The van der Waals surface area contributed by atoms with Gasteiger partial charge in [0.15, 0.2) is 9.84 Å². The largest absolute Gasteiger partial charge is 0.390 e. The van der Waals surface area contributed by atoms with Crippen LogP contribution in [0.15, 0.2) is 35.4 Å². The van der Waals surface area contributed by atoms with Crippen LogP contribution in [0.5, 0.6) is 0 Å². The summed E-state index contributed by atoms with van der Waals surface area (Å²) in [6, 6.07) is 5.64. The molecule has 4 aliphatic carbocycles. The number of benzene rings is 1. The van der Waals surface area contributed by atoms with Gasteiger partial charge in [-0.2, -0.15) is 0 Å². The average molecular weight is 544 g/mol. The highest BCUT2D eigenvalue weighted by molar-refractivity contribution is 7.90. The van der Waals surface area contributed by atoms with E-state index in [1.54, 1.807) is 12.3 Å². The molecule has 5 fully saturated rings. The number of aliphatic hydroxyl groups is 1. The van der Waals surface area contributed by atoms with E-state index in [2.05, 4.69) is 15.3 Å².